The molecule has 1 unspecified atom stereocenters. The Balaban J connectivity index is 3.89. The van der Waals surface area contributed by atoms with Crippen molar-refractivity contribution in [3.8, 4) is 0 Å². The molecule has 1 atom stereocenters. The van der Waals surface area contributed by atoms with Gasteiger partial charge in [-0.1, -0.05) is 32.1 Å². The summed E-state index contributed by atoms with van der Waals surface area (Å²) in [5, 5.41) is 8.60. The summed E-state index contributed by atoms with van der Waals surface area (Å²) in [4.78, 5) is 10.4. The third-order valence-electron chi connectivity index (χ3n) is 3.39. The highest BCUT2D eigenvalue weighted by atomic mass is 28.4. The number of carboxylic acid groups (broad SMARTS) is 1. The molecule has 4 nitrogen and oxygen atoms in total. The van der Waals surface area contributed by atoms with Crippen molar-refractivity contribution in [2.24, 2.45) is 0 Å². The van der Waals surface area contributed by atoms with Gasteiger partial charge in [0, 0.05) is 6.42 Å². The van der Waals surface area contributed by atoms with E-state index in [0.29, 0.717) is 6.42 Å². The third kappa shape index (κ3) is 18.0. The molecule has 0 aromatic rings. The molecule has 0 spiro atoms. The minimum absolute atomic E-state index is 0.236. The number of carbonyl (C=O) groups is 1. The van der Waals surface area contributed by atoms with Gasteiger partial charge in [0.2, 0.25) is 0 Å². The van der Waals surface area contributed by atoms with Gasteiger partial charge < -0.3 is 14.0 Å². The lowest BCUT2D eigenvalue weighted by Gasteiger charge is -2.29. The van der Waals surface area contributed by atoms with Crippen molar-refractivity contribution in [1.29, 1.82) is 0 Å². The zero-order chi connectivity index (χ0) is 17.9. The lowest BCUT2D eigenvalue weighted by Crippen LogP contribution is -2.38. The van der Waals surface area contributed by atoms with Gasteiger partial charge in [0.05, 0.1) is 12.7 Å². The molecule has 0 rings (SSSR count). The maximum Gasteiger partial charge on any atom is 0.303 e. The topological polar surface area (TPSA) is 55.8 Å². The van der Waals surface area contributed by atoms with Crippen LogP contribution in [-0.4, -0.2) is 40.4 Å². The third-order valence-corrected chi connectivity index (χ3v) is 5.46. The number of aliphatic carboxylic acids is 1. The second-order valence-electron chi connectivity index (χ2n) is 8.33. The smallest absolute Gasteiger partial charge is 0.303 e. The minimum atomic E-state index is -1.53. The fraction of sp³-hybridized carbons (Fsp3) is 0.941. The molecule has 0 amide bonds. The molecule has 6 heteroatoms. The van der Waals surface area contributed by atoms with Gasteiger partial charge in [-0.15, -0.1) is 0 Å². The number of rotatable bonds is 14. The Morgan fingerprint density at radius 2 is 1.39 bits per heavy atom. The first-order chi connectivity index (χ1) is 10.5. The summed E-state index contributed by atoms with van der Waals surface area (Å²) in [7, 11) is -3.02. The lowest BCUT2D eigenvalue weighted by atomic mass is 10.1. The van der Waals surface area contributed by atoms with Gasteiger partial charge in [-0.3, -0.25) is 4.79 Å². The maximum absolute atomic E-state index is 10.4. The van der Waals surface area contributed by atoms with Gasteiger partial charge in [0.25, 0.3) is 0 Å². The normalized spacial score (nSPS) is 14.0. The van der Waals surface area contributed by atoms with Crippen LogP contribution in [0.15, 0.2) is 0 Å². The van der Waals surface area contributed by atoms with Crippen molar-refractivity contribution >= 4 is 22.6 Å². The van der Waals surface area contributed by atoms with E-state index in [1.54, 1.807) is 0 Å². The molecule has 0 bridgehead atoms. The highest BCUT2D eigenvalue weighted by Gasteiger charge is 2.23. The quantitative estimate of drug-likeness (QED) is 0.338. The van der Waals surface area contributed by atoms with Crippen LogP contribution < -0.4 is 0 Å². The van der Waals surface area contributed by atoms with Crippen molar-refractivity contribution in [2.75, 3.05) is 6.61 Å². The van der Waals surface area contributed by atoms with E-state index in [-0.39, 0.29) is 6.10 Å². The van der Waals surface area contributed by atoms with Crippen LogP contribution in [0.25, 0.3) is 0 Å². The number of hydrogen-bond donors (Lipinski definition) is 1. The average molecular weight is 363 g/mol. The van der Waals surface area contributed by atoms with Crippen LogP contribution in [0.1, 0.15) is 51.4 Å². The fourth-order valence-corrected chi connectivity index (χ4v) is 4.25. The van der Waals surface area contributed by atoms with Crippen molar-refractivity contribution in [1.82, 2.24) is 0 Å². The predicted octanol–water partition coefficient (Wildman–Crippen LogP) is 5.26. The molecule has 138 valence electrons. The van der Waals surface area contributed by atoms with E-state index in [2.05, 4.69) is 39.3 Å². The van der Waals surface area contributed by atoms with Gasteiger partial charge in [-0.2, -0.15) is 0 Å². The Morgan fingerprint density at radius 1 is 0.870 bits per heavy atom. The molecule has 0 radical (unpaired) electrons. The molecule has 0 saturated carbocycles. The highest BCUT2D eigenvalue weighted by Crippen LogP contribution is 2.17. The molecule has 1 N–H and O–H groups in total. The van der Waals surface area contributed by atoms with E-state index < -0.39 is 22.6 Å². The Bertz CT molecular complexity index is 322. The SMILES string of the molecule is C[Si](C)(C)OCC(CCCCCCCCC(=O)O)O[Si](C)(C)C. The summed E-state index contributed by atoms with van der Waals surface area (Å²) in [6.45, 7) is 14.1. The molecule has 23 heavy (non-hydrogen) atoms. The van der Waals surface area contributed by atoms with E-state index in [4.69, 9.17) is 14.0 Å². The van der Waals surface area contributed by atoms with E-state index in [1.807, 2.05) is 0 Å². The van der Waals surface area contributed by atoms with E-state index in [9.17, 15) is 4.79 Å². The molecule has 0 fully saturated rings. The zero-order valence-electron chi connectivity index (χ0n) is 16.1. The molecule has 0 aliphatic heterocycles. The molecule has 0 saturated heterocycles. The minimum Gasteiger partial charge on any atom is -0.481 e. The highest BCUT2D eigenvalue weighted by molar-refractivity contribution is 6.70. The number of unbranched alkanes of at least 4 members (excludes halogenated alkanes) is 5. The Morgan fingerprint density at radius 3 is 1.87 bits per heavy atom. The van der Waals surface area contributed by atoms with Crippen LogP contribution in [-0.2, 0) is 13.6 Å². The van der Waals surface area contributed by atoms with Crippen LogP contribution in [0.4, 0.5) is 0 Å². The van der Waals surface area contributed by atoms with Gasteiger partial charge in [0.1, 0.15) is 0 Å². The van der Waals surface area contributed by atoms with Crippen molar-refractivity contribution in [3.05, 3.63) is 0 Å². The first-order valence-electron chi connectivity index (χ1n) is 9.03. The standard InChI is InChI=1S/C17H38O4Si2/c1-22(2,3)20-15-16(21-23(4,5)6)13-11-9-7-8-10-12-14-17(18)19/h16H,7-15H2,1-6H3,(H,18,19). The van der Waals surface area contributed by atoms with Gasteiger partial charge in [-0.05, 0) is 52.1 Å². The van der Waals surface area contributed by atoms with Crippen LogP contribution in [0.2, 0.25) is 39.3 Å². The van der Waals surface area contributed by atoms with E-state index in [1.165, 1.54) is 19.3 Å². The lowest BCUT2D eigenvalue weighted by molar-refractivity contribution is -0.137. The maximum atomic E-state index is 10.4. The van der Waals surface area contributed by atoms with Gasteiger partial charge in [0.15, 0.2) is 16.6 Å². The second-order valence-corrected chi connectivity index (χ2v) is 17.3. The number of hydrogen-bond acceptors (Lipinski definition) is 3. The van der Waals surface area contributed by atoms with Crippen LogP contribution >= 0.6 is 0 Å². The Hall–Kier alpha value is -0.176. The van der Waals surface area contributed by atoms with Gasteiger partial charge in [-0.25, -0.2) is 0 Å². The van der Waals surface area contributed by atoms with Gasteiger partial charge >= 0.3 is 5.97 Å². The number of carboxylic acids is 1. The van der Waals surface area contributed by atoms with Crippen molar-refractivity contribution in [2.45, 2.75) is 96.8 Å². The summed E-state index contributed by atoms with van der Waals surface area (Å²) in [6.07, 6.45) is 8.14. The summed E-state index contributed by atoms with van der Waals surface area (Å²) >= 11 is 0. The summed E-state index contributed by atoms with van der Waals surface area (Å²) in [6, 6.07) is 0. The Labute approximate surface area is 145 Å². The molecular formula is C17H38O4Si2. The first kappa shape index (κ1) is 22.8. The van der Waals surface area contributed by atoms with E-state index >= 15 is 0 Å². The molecule has 0 aromatic heterocycles. The molecule has 0 heterocycles. The summed E-state index contributed by atoms with van der Waals surface area (Å²) in [5.74, 6) is -0.682. The van der Waals surface area contributed by atoms with Crippen LogP contribution in [0.3, 0.4) is 0 Å². The molecular weight excluding hydrogens is 324 g/mol. The Kier molecular flexibility index (Phi) is 11.3. The molecule has 0 aliphatic carbocycles. The second kappa shape index (κ2) is 11.4. The zero-order valence-corrected chi connectivity index (χ0v) is 18.1. The fourth-order valence-electron chi connectivity index (χ4n) is 2.37. The average Bonchev–Trinajstić information content (AvgIpc) is 2.36. The van der Waals surface area contributed by atoms with Crippen molar-refractivity contribution in [3.63, 3.8) is 0 Å². The largest absolute Gasteiger partial charge is 0.481 e. The van der Waals surface area contributed by atoms with Crippen molar-refractivity contribution < 1.29 is 18.8 Å². The monoisotopic (exact) mass is 362 g/mol. The first-order valence-corrected chi connectivity index (χ1v) is 15.8. The predicted molar refractivity (Wildman–Crippen MR) is 102 cm³/mol. The summed E-state index contributed by atoms with van der Waals surface area (Å²) in [5.41, 5.74) is 0. The summed E-state index contributed by atoms with van der Waals surface area (Å²) < 4.78 is 12.3. The molecule has 0 aliphatic rings. The van der Waals surface area contributed by atoms with Crippen LogP contribution in [0, 0.1) is 0 Å². The van der Waals surface area contributed by atoms with Crippen LogP contribution in [0.5, 0.6) is 0 Å². The molecule has 0 aromatic carbocycles. The van der Waals surface area contributed by atoms with E-state index in [0.717, 1.165) is 32.3 Å².